The molecule has 0 aliphatic heterocycles. The highest BCUT2D eigenvalue weighted by atomic mass is 35.5. The van der Waals surface area contributed by atoms with Gasteiger partial charge < -0.3 is 11.1 Å². The standard InChI is InChI=1S/C14H11Cl2FN2O/c1-7-2-3-11(15)13(12(7)16)19-14(20)8-4-9(17)6-10(18)5-8/h2-6H,18H2,1H3,(H,19,20). The second kappa shape index (κ2) is 5.69. The molecule has 2 aromatic rings. The van der Waals surface area contributed by atoms with Crippen molar-refractivity contribution in [3.05, 3.63) is 57.3 Å². The van der Waals surface area contributed by atoms with E-state index in [9.17, 15) is 9.18 Å². The van der Waals surface area contributed by atoms with Crippen LogP contribution < -0.4 is 11.1 Å². The van der Waals surface area contributed by atoms with E-state index in [1.807, 2.05) is 0 Å². The smallest absolute Gasteiger partial charge is 0.255 e. The summed E-state index contributed by atoms with van der Waals surface area (Å²) >= 11 is 12.1. The van der Waals surface area contributed by atoms with Gasteiger partial charge in [-0.25, -0.2) is 4.39 Å². The number of nitrogens with two attached hydrogens (primary N) is 1. The molecule has 6 heteroatoms. The number of carbonyl (C=O) groups excluding carboxylic acids is 1. The lowest BCUT2D eigenvalue weighted by Crippen LogP contribution is -2.13. The first kappa shape index (κ1) is 14.6. The van der Waals surface area contributed by atoms with Gasteiger partial charge in [-0.1, -0.05) is 29.3 Å². The molecule has 104 valence electrons. The zero-order valence-electron chi connectivity index (χ0n) is 10.5. The molecule has 3 N–H and O–H groups in total. The third-order valence-corrected chi connectivity index (χ3v) is 3.51. The normalized spacial score (nSPS) is 10.4. The molecule has 0 bridgehead atoms. The van der Waals surface area contributed by atoms with Gasteiger partial charge in [0.1, 0.15) is 5.82 Å². The number of nitrogens with one attached hydrogen (secondary N) is 1. The second-order valence-corrected chi connectivity index (χ2v) is 5.07. The van der Waals surface area contributed by atoms with Crippen LogP contribution in [0.15, 0.2) is 30.3 Å². The number of amides is 1. The van der Waals surface area contributed by atoms with Crippen LogP contribution in [0, 0.1) is 12.7 Å². The van der Waals surface area contributed by atoms with Gasteiger partial charge in [-0.15, -0.1) is 0 Å². The van der Waals surface area contributed by atoms with Gasteiger partial charge in [0, 0.05) is 11.3 Å². The van der Waals surface area contributed by atoms with Crippen LogP contribution >= 0.6 is 23.2 Å². The SMILES string of the molecule is Cc1ccc(Cl)c(NC(=O)c2cc(N)cc(F)c2)c1Cl. The Morgan fingerprint density at radius 3 is 2.60 bits per heavy atom. The molecule has 0 unspecified atom stereocenters. The lowest BCUT2D eigenvalue weighted by Gasteiger charge is -2.11. The summed E-state index contributed by atoms with van der Waals surface area (Å²) in [5.74, 6) is -1.12. The van der Waals surface area contributed by atoms with Crippen molar-refractivity contribution in [1.29, 1.82) is 0 Å². The van der Waals surface area contributed by atoms with E-state index in [0.717, 1.165) is 17.7 Å². The molecule has 0 saturated carbocycles. The molecule has 0 aromatic heterocycles. The largest absolute Gasteiger partial charge is 0.399 e. The first-order valence-electron chi connectivity index (χ1n) is 5.70. The number of anilines is 2. The average molecular weight is 313 g/mol. The van der Waals surface area contributed by atoms with Crippen LogP contribution in [0.3, 0.4) is 0 Å². The van der Waals surface area contributed by atoms with Gasteiger partial charge in [-0.05, 0) is 36.8 Å². The van der Waals surface area contributed by atoms with Crippen LogP contribution in [0.5, 0.6) is 0 Å². The molecule has 0 heterocycles. The molecule has 2 aromatic carbocycles. The van der Waals surface area contributed by atoms with E-state index in [2.05, 4.69) is 5.32 Å². The van der Waals surface area contributed by atoms with Crippen molar-refractivity contribution in [2.24, 2.45) is 0 Å². The molecule has 3 nitrogen and oxygen atoms in total. The van der Waals surface area contributed by atoms with Crippen molar-refractivity contribution >= 4 is 40.5 Å². The van der Waals surface area contributed by atoms with E-state index < -0.39 is 11.7 Å². The van der Waals surface area contributed by atoms with Gasteiger partial charge in [0.2, 0.25) is 0 Å². The Hall–Kier alpha value is -1.78. The Labute approximate surface area is 125 Å². The average Bonchev–Trinajstić information content (AvgIpc) is 2.38. The summed E-state index contributed by atoms with van der Waals surface area (Å²) in [4.78, 5) is 12.1. The maximum atomic E-state index is 13.2. The van der Waals surface area contributed by atoms with Crippen LogP contribution in [0.25, 0.3) is 0 Å². The number of carbonyl (C=O) groups is 1. The number of halogens is 3. The Morgan fingerprint density at radius 1 is 1.25 bits per heavy atom. The molecule has 0 atom stereocenters. The molecule has 0 aliphatic rings. The molecule has 0 aliphatic carbocycles. The highest BCUT2D eigenvalue weighted by molar-refractivity contribution is 6.40. The minimum atomic E-state index is -0.586. The highest BCUT2D eigenvalue weighted by Crippen LogP contribution is 2.33. The van der Waals surface area contributed by atoms with E-state index in [1.54, 1.807) is 19.1 Å². The zero-order chi connectivity index (χ0) is 14.9. The van der Waals surface area contributed by atoms with Crippen LogP contribution in [-0.2, 0) is 0 Å². The van der Waals surface area contributed by atoms with Crippen LogP contribution in [0.1, 0.15) is 15.9 Å². The summed E-state index contributed by atoms with van der Waals surface area (Å²) < 4.78 is 13.2. The van der Waals surface area contributed by atoms with Crippen molar-refractivity contribution in [2.75, 3.05) is 11.1 Å². The highest BCUT2D eigenvalue weighted by Gasteiger charge is 2.14. The van der Waals surface area contributed by atoms with Crippen molar-refractivity contribution in [2.45, 2.75) is 6.92 Å². The van der Waals surface area contributed by atoms with E-state index in [0.29, 0.717) is 15.7 Å². The first-order valence-corrected chi connectivity index (χ1v) is 6.46. The van der Waals surface area contributed by atoms with E-state index >= 15 is 0 Å². The van der Waals surface area contributed by atoms with Crippen molar-refractivity contribution in [1.82, 2.24) is 0 Å². The fourth-order valence-corrected chi connectivity index (χ4v) is 2.17. The fourth-order valence-electron chi connectivity index (χ4n) is 1.70. The Kier molecular flexibility index (Phi) is 4.16. The summed E-state index contributed by atoms with van der Waals surface area (Å²) in [7, 11) is 0. The predicted octanol–water partition coefficient (Wildman–Crippen LogP) is 4.28. The number of rotatable bonds is 2. The Balaban J connectivity index is 2.35. The minimum Gasteiger partial charge on any atom is -0.399 e. The molecule has 0 spiro atoms. The van der Waals surface area contributed by atoms with E-state index in [4.69, 9.17) is 28.9 Å². The van der Waals surface area contributed by atoms with Crippen LogP contribution in [0.2, 0.25) is 10.0 Å². The van der Waals surface area contributed by atoms with Gasteiger partial charge in [-0.2, -0.15) is 0 Å². The van der Waals surface area contributed by atoms with E-state index in [-0.39, 0.29) is 11.3 Å². The Morgan fingerprint density at radius 2 is 1.95 bits per heavy atom. The molecular weight excluding hydrogens is 302 g/mol. The topological polar surface area (TPSA) is 55.1 Å². The molecular formula is C14H11Cl2FN2O. The monoisotopic (exact) mass is 312 g/mol. The molecule has 0 saturated heterocycles. The molecule has 1 amide bonds. The van der Waals surface area contributed by atoms with Crippen molar-refractivity contribution in [3.63, 3.8) is 0 Å². The third-order valence-electron chi connectivity index (χ3n) is 2.71. The predicted molar refractivity (Wildman–Crippen MR) is 80.0 cm³/mol. The maximum Gasteiger partial charge on any atom is 0.255 e. The van der Waals surface area contributed by atoms with Gasteiger partial charge in [0.05, 0.1) is 15.7 Å². The maximum absolute atomic E-state index is 13.2. The van der Waals surface area contributed by atoms with E-state index in [1.165, 1.54) is 6.07 Å². The van der Waals surface area contributed by atoms with Crippen LogP contribution in [-0.4, -0.2) is 5.91 Å². The molecule has 0 fully saturated rings. The summed E-state index contributed by atoms with van der Waals surface area (Å²) in [6, 6.07) is 6.95. The van der Waals surface area contributed by atoms with Crippen LogP contribution in [0.4, 0.5) is 15.8 Å². The molecule has 2 rings (SSSR count). The second-order valence-electron chi connectivity index (χ2n) is 4.28. The number of nitrogen functional groups attached to an aromatic ring is 1. The van der Waals surface area contributed by atoms with Crippen molar-refractivity contribution < 1.29 is 9.18 Å². The van der Waals surface area contributed by atoms with Gasteiger partial charge in [0.15, 0.2) is 0 Å². The minimum absolute atomic E-state index is 0.0936. The number of aryl methyl sites for hydroxylation is 1. The lowest BCUT2D eigenvalue weighted by molar-refractivity contribution is 0.102. The zero-order valence-corrected chi connectivity index (χ0v) is 12.0. The van der Waals surface area contributed by atoms with Gasteiger partial charge in [0.25, 0.3) is 5.91 Å². The number of hydrogen-bond acceptors (Lipinski definition) is 2. The fraction of sp³-hybridized carbons (Fsp3) is 0.0714. The van der Waals surface area contributed by atoms with Crippen molar-refractivity contribution in [3.8, 4) is 0 Å². The summed E-state index contributed by atoms with van der Waals surface area (Å²) in [5.41, 5.74) is 6.82. The lowest BCUT2D eigenvalue weighted by atomic mass is 10.1. The quantitative estimate of drug-likeness (QED) is 0.813. The first-order chi connectivity index (χ1) is 9.38. The summed E-state index contributed by atoms with van der Waals surface area (Å²) in [5, 5.41) is 3.21. The van der Waals surface area contributed by atoms with Gasteiger partial charge in [-0.3, -0.25) is 4.79 Å². The molecule has 20 heavy (non-hydrogen) atoms. The molecule has 0 radical (unpaired) electrons. The summed E-state index contributed by atoms with van der Waals surface area (Å²) in [6.07, 6.45) is 0. The summed E-state index contributed by atoms with van der Waals surface area (Å²) in [6.45, 7) is 1.79. The number of hydrogen-bond donors (Lipinski definition) is 2. The Bertz CT molecular complexity index is 669. The number of benzene rings is 2. The van der Waals surface area contributed by atoms with Gasteiger partial charge >= 0.3 is 0 Å². The third kappa shape index (κ3) is 3.03.